The minimum absolute atomic E-state index is 0.113. The van der Waals surface area contributed by atoms with Crippen molar-refractivity contribution >= 4 is 5.91 Å². The summed E-state index contributed by atoms with van der Waals surface area (Å²) in [6.45, 7) is 3.91. The van der Waals surface area contributed by atoms with Crippen molar-refractivity contribution < 1.29 is 19.0 Å². The first-order chi connectivity index (χ1) is 12.8. The number of morpholine rings is 1. The monoisotopic (exact) mass is 354 g/mol. The lowest BCUT2D eigenvalue weighted by molar-refractivity contribution is 0.0162. The molecular formula is C20H22N2O4. The predicted molar refractivity (Wildman–Crippen MR) is 96.5 cm³/mol. The summed E-state index contributed by atoms with van der Waals surface area (Å²) < 4.78 is 16.1. The molecule has 1 amide bonds. The van der Waals surface area contributed by atoms with Crippen LogP contribution >= 0.6 is 0 Å². The van der Waals surface area contributed by atoms with Gasteiger partial charge in [-0.05, 0) is 23.8 Å². The number of rotatable bonds is 5. The smallest absolute Gasteiger partial charge is 0.251 e. The summed E-state index contributed by atoms with van der Waals surface area (Å²) in [5.74, 6) is 1.18. The van der Waals surface area contributed by atoms with Crippen LogP contribution in [0.25, 0.3) is 0 Å². The standard InChI is InChI=1S/C20H22N2O4/c23-20(16-6-7-18-19(12-16)26-14-25-18)21-13-17(15-4-2-1-3-5-15)22-8-10-24-11-9-22/h1-7,12,17H,8-11,13-14H2,(H,21,23). The Bertz CT molecular complexity index is 760. The van der Waals surface area contributed by atoms with E-state index >= 15 is 0 Å². The van der Waals surface area contributed by atoms with Gasteiger partial charge in [-0.25, -0.2) is 0 Å². The van der Waals surface area contributed by atoms with Crippen molar-refractivity contribution in [3.63, 3.8) is 0 Å². The molecule has 0 aromatic heterocycles. The largest absolute Gasteiger partial charge is 0.454 e. The number of hydrogen-bond acceptors (Lipinski definition) is 5. The van der Waals surface area contributed by atoms with Crippen molar-refractivity contribution in [1.29, 1.82) is 0 Å². The molecule has 6 nitrogen and oxygen atoms in total. The summed E-state index contributed by atoms with van der Waals surface area (Å²) in [5.41, 5.74) is 1.77. The van der Waals surface area contributed by atoms with E-state index in [-0.39, 0.29) is 18.7 Å². The summed E-state index contributed by atoms with van der Waals surface area (Å²) in [6.07, 6.45) is 0. The number of ether oxygens (including phenoxy) is 3. The van der Waals surface area contributed by atoms with E-state index in [1.165, 1.54) is 5.56 Å². The number of fused-ring (bicyclic) bond motifs is 1. The lowest BCUT2D eigenvalue weighted by atomic mass is 10.0. The fourth-order valence-electron chi connectivity index (χ4n) is 3.35. The Morgan fingerprint density at radius 3 is 2.62 bits per heavy atom. The van der Waals surface area contributed by atoms with Crippen LogP contribution in [0.4, 0.5) is 0 Å². The van der Waals surface area contributed by atoms with Crippen molar-refractivity contribution in [3.05, 3.63) is 59.7 Å². The second-order valence-corrected chi connectivity index (χ2v) is 6.35. The molecule has 1 fully saturated rings. The van der Waals surface area contributed by atoms with Gasteiger partial charge in [0, 0.05) is 25.2 Å². The molecule has 2 aromatic carbocycles. The maximum atomic E-state index is 12.6. The van der Waals surface area contributed by atoms with Crippen LogP contribution in [-0.4, -0.2) is 50.4 Å². The lowest BCUT2D eigenvalue weighted by Gasteiger charge is -2.35. The number of benzene rings is 2. The van der Waals surface area contributed by atoms with Gasteiger partial charge in [-0.3, -0.25) is 9.69 Å². The van der Waals surface area contributed by atoms with Gasteiger partial charge in [0.2, 0.25) is 6.79 Å². The van der Waals surface area contributed by atoms with Gasteiger partial charge in [0.15, 0.2) is 11.5 Å². The van der Waals surface area contributed by atoms with E-state index in [0.717, 1.165) is 26.3 Å². The number of nitrogens with zero attached hydrogens (tertiary/aromatic N) is 1. The summed E-state index contributed by atoms with van der Waals surface area (Å²) >= 11 is 0. The Morgan fingerprint density at radius 1 is 1.04 bits per heavy atom. The Labute approximate surface area is 152 Å². The highest BCUT2D eigenvalue weighted by Crippen LogP contribution is 2.32. The molecule has 2 aliphatic rings. The van der Waals surface area contributed by atoms with Gasteiger partial charge >= 0.3 is 0 Å². The Balaban J connectivity index is 1.46. The molecule has 1 N–H and O–H groups in total. The zero-order valence-corrected chi connectivity index (χ0v) is 14.5. The topological polar surface area (TPSA) is 60.0 Å². The molecule has 0 spiro atoms. The number of carbonyl (C=O) groups is 1. The fourth-order valence-corrected chi connectivity index (χ4v) is 3.35. The molecule has 136 valence electrons. The average molecular weight is 354 g/mol. The minimum atomic E-state index is -0.113. The summed E-state index contributed by atoms with van der Waals surface area (Å²) in [6, 6.07) is 15.7. The first-order valence-electron chi connectivity index (χ1n) is 8.86. The third-order valence-electron chi connectivity index (χ3n) is 4.76. The third kappa shape index (κ3) is 3.66. The Morgan fingerprint density at radius 2 is 1.81 bits per heavy atom. The quantitative estimate of drug-likeness (QED) is 0.892. The molecule has 0 bridgehead atoms. The maximum Gasteiger partial charge on any atom is 0.251 e. The number of nitrogens with one attached hydrogen (secondary N) is 1. The van der Waals surface area contributed by atoms with Crippen LogP contribution in [0.1, 0.15) is 22.0 Å². The maximum absolute atomic E-state index is 12.6. The van der Waals surface area contributed by atoms with Gasteiger partial charge < -0.3 is 19.5 Å². The molecule has 0 saturated carbocycles. The van der Waals surface area contributed by atoms with Crippen LogP contribution in [0.3, 0.4) is 0 Å². The molecule has 2 aromatic rings. The molecule has 26 heavy (non-hydrogen) atoms. The van der Waals surface area contributed by atoms with Crippen LogP contribution in [-0.2, 0) is 4.74 Å². The first kappa shape index (κ1) is 16.9. The van der Waals surface area contributed by atoms with E-state index in [1.54, 1.807) is 18.2 Å². The third-order valence-corrected chi connectivity index (χ3v) is 4.76. The SMILES string of the molecule is O=C(NCC(c1ccccc1)N1CCOCC1)c1ccc2c(c1)OCO2. The van der Waals surface area contributed by atoms with Crippen LogP contribution in [0, 0.1) is 0 Å². The van der Waals surface area contributed by atoms with E-state index in [9.17, 15) is 4.79 Å². The van der Waals surface area contributed by atoms with E-state index < -0.39 is 0 Å². The van der Waals surface area contributed by atoms with Crippen LogP contribution in [0.15, 0.2) is 48.5 Å². The lowest BCUT2D eigenvalue weighted by Crippen LogP contribution is -2.43. The number of hydrogen-bond donors (Lipinski definition) is 1. The van der Waals surface area contributed by atoms with Crippen molar-refractivity contribution in [2.24, 2.45) is 0 Å². The molecule has 1 atom stereocenters. The molecular weight excluding hydrogens is 332 g/mol. The molecule has 2 aliphatic heterocycles. The zero-order valence-electron chi connectivity index (χ0n) is 14.5. The number of amides is 1. The Kier molecular flexibility index (Phi) is 5.04. The normalized spacial score (nSPS) is 17.7. The summed E-state index contributed by atoms with van der Waals surface area (Å²) in [5, 5.41) is 3.07. The van der Waals surface area contributed by atoms with Crippen molar-refractivity contribution in [2.75, 3.05) is 39.6 Å². The number of carbonyl (C=O) groups excluding carboxylic acids is 1. The van der Waals surface area contributed by atoms with Gasteiger partial charge in [0.1, 0.15) is 0 Å². The fraction of sp³-hybridized carbons (Fsp3) is 0.350. The molecule has 4 rings (SSSR count). The second-order valence-electron chi connectivity index (χ2n) is 6.35. The van der Waals surface area contributed by atoms with Crippen molar-refractivity contribution in [3.8, 4) is 11.5 Å². The van der Waals surface area contributed by atoms with Crippen molar-refractivity contribution in [2.45, 2.75) is 6.04 Å². The average Bonchev–Trinajstić information content (AvgIpc) is 3.17. The highest BCUT2D eigenvalue weighted by Gasteiger charge is 2.23. The van der Waals surface area contributed by atoms with E-state index in [0.29, 0.717) is 23.6 Å². The summed E-state index contributed by atoms with van der Waals surface area (Å²) in [7, 11) is 0. The van der Waals surface area contributed by atoms with Crippen LogP contribution < -0.4 is 14.8 Å². The molecule has 2 heterocycles. The highest BCUT2D eigenvalue weighted by molar-refractivity contribution is 5.95. The van der Waals surface area contributed by atoms with Gasteiger partial charge in [0.05, 0.1) is 19.3 Å². The highest BCUT2D eigenvalue weighted by atomic mass is 16.7. The predicted octanol–water partition coefficient (Wildman–Crippen LogP) is 2.22. The molecule has 1 unspecified atom stereocenters. The molecule has 1 saturated heterocycles. The first-order valence-corrected chi connectivity index (χ1v) is 8.86. The van der Waals surface area contributed by atoms with Gasteiger partial charge in [0.25, 0.3) is 5.91 Å². The van der Waals surface area contributed by atoms with Gasteiger partial charge in [-0.2, -0.15) is 0 Å². The zero-order chi connectivity index (χ0) is 17.8. The second kappa shape index (κ2) is 7.76. The van der Waals surface area contributed by atoms with E-state index in [1.807, 2.05) is 18.2 Å². The summed E-state index contributed by atoms with van der Waals surface area (Å²) in [4.78, 5) is 15.0. The minimum Gasteiger partial charge on any atom is -0.454 e. The van der Waals surface area contributed by atoms with Gasteiger partial charge in [-0.15, -0.1) is 0 Å². The molecule has 0 aliphatic carbocycles. The van der Waals surface area contributed by atoms with E-state index in [4.69, 9.17) is 14.2 Å². The molecule has 0 radical (unpaired) electrons. The Hall–Kier alpha value is -2.57. The van der Waals surface area contributed by atoms with Crippen LogP contribution in [0.5, 0.6) is 11.5 Å². The van der Waals surface area contributed by atoms with E-state index in [2.05, 4.69) is 22.3 Å². The van der Waals surface area contributed by atoms with Gasteiger partial charge in [-0.1, -0.05) is 30.3 Å². The molecule has 6 heteroatoms. The van der Waals surface area contributed by atoms with Crippen molar-refractivity contribution in [1.82, 2.24) is 10.2 Å². The van der Waals surface area contributed by atoms with Crippen LogP contribution in [0.2, 0.25) is 0 Å².